The zero-order valence-corrected chi connectivity index (χ0v) is 11.6. The summed E-state index contributed by atoms with van der Waals surface area (Å²) < 4.78 is 0. The highest BCUT2D eigenvalue weighted by molar-refractivity contribution is 7.14. The predicted octanol–water partition coefficient (Wildman–Crippen LogP) is 0.0645. The molecule has 1 aliphatic heterocycles. The molecule has 7 heteroatoms. The smallest absolute Gasteiger partial charge is 0.251 e. The molecule has 2 unspecified atom stereocenters. The first-order valence-corrected chi connectivity index (χ1v) is 7.00. The Labute approximate surface area is 115 Å². The summed E-state index contributed by atoms with van der Waals surface area (Å²) in [5, 5.41) is 4.96. The minimum atomic E-state index is -0.534. The van der Waals surface area contributed by atoms with Gasteiger partial charge in [-0.15, -0.1) is 11.3 Å². The molecule has 2 heterocycles. The highest BCUT2D eigenvalue weighted by Crippen LogP contribution is 2.22. The molecule has 2 rings (SSSR count). The number of carbonyl (C=O) groups excluding carboxylic acids is 2. The van der Waals surface area contributed by atoms with Crippen LogP contribution < -0.4 is 16.8 Å². The molecule has 2 atom stereocenters. The molecule has 19 heavy (non-hydrogen) atoms. The third kappa shape index (κ3) is 3.31. The van der Waals surface area contributed by atoms with Crippen molar-refractivity contribution >= 4 is 28.2 Å². The molecule has 6 nitrogen and oxygen atoms in total. The fourth-order valence-corrected chi connectivity index (χ4v) is 3.00. The van der Waals surface area contributed by atoms with Crippen molar-refractivity contribution < 1.29 is 9.59 Å². The second kappa shape index (κ2) is 5.68. The van der Waals surface area contributed by atoms with Gasteiger partial charge < -0.3 is 16.8 Å². The van der Waals surface area contributed by atoms with Crippen LogP contribution in [0.25, 0.3) is 0 Å². The molecule has 1 aromatic heterocycles. The Hall–Kier alpha value is -1.44. The molecule has 0 saturated carbocycles. The quantitative estimate of drug-likeness (QED) is 0.727. The summed E-state index contributed by atoms with van der Waals surface area (Å²) in [5.74, 6) is -0.282. The van der Waals surface area contributed by atoms with Crippen molar-refractivity contribution in [1.29, 1.82) is 0 Å². The Morgan fingerprint density at radius 2 is 2.26 bits per heavy atom. The molecule has 0 radical (unpaired) electrons. The van der Waals surface area contributed by atoms with Gasteiger partial charge in [-0.25, -0.2) is 0 Å². The number of nitrogens with two attached hydrogens (primary N) is 2. The summed E-state index contributed by atoms with van der Waals surface area (Å²) in [4.78, 5) is 25.1. The van der Waals surface area contributed by atoms with E-state index in [-0.39, 0.29) is 18.5 Å². The maximum atomic E-state index is 11.9. The van der Waals surface area contributed by atoms with Crippen LogP contribution in [0.5, 0.6) is 0 Å². The Balaban J connectivity index is 1.91. The summed E-state index contributed by atoms with van der Waals surface area (Å²) in [5.41, 5.74) is 11.5. The molecular weight excluding hydrogens is 264 g/mol. The van der Waals surface area contributed by atoms with Crippen molar-refractivity contribution in [2.45, 2.75) is 13.0 Å². The van der Waals surface area contributed by atoms with Gasteiger partial charge in [0, 0.05) is 19.1 Å². The maximum Gasteiger partial charge on any atom is 0.251 e. The van der Waals surface area contributed by atoms with E-state index in [2.05, 4.69) is 12.2 Å². The van der Waals surface area contributed by atoms with Gasteiger partial charge in [-0.1, -0.05) is 6.92 Å². The van der Waals surface area contributed by atoms with E-state index < -0.39 is 5.91 Å². The topological polar surface area (TPSA) is 101 Å². The second-order valence-electron chi connectivity index (χ2n) is 4.91. The van der Waals surface area contributed by atoms with Gasteiger partial charge in [0.15, 0.2) is 0 Å². The summed E-state index contributed by atoms with van der Waals surface area (Å²) in [6.45, 7) is 3.91. The first-order chi connectivity index (χ1) is 8.97. The SMILES string of the molecule is CC1CN(CC(=O)Nc2sccc2C(N)=O)CC1N. The zero-order chi connectivity index (χ0) is 14.0. The number of carbonyl (C=O) groups is 2. The molecule has 1 aliphatic rings. The molecule has 0 aromatic carbocycles. The number of anilines is 1. The van der Waals surface area contributed by atoms with E-state index >= 15 is 0 Å². The molecule has 0 bridgehead atoms. The minimum absolute atomic E-state index is 0.121. The highest BCUT2D eigenvalue weighted by atomic mass is 32.1. The van der Waals surface area contributed by atoms with E-state index in [1.807, 2.05) is 4.90 Å². The predicted molar refractivity (Wildman–Crippen MR) is 75.0 cm³/mol. The summed E-state index contributed by atoms with van der Waals surface area (Å²) in [6.07, 6.45) is 0. The largest absolute Gasteiger partial charge is 0.366 e. The molecule has 1 aromatic rings. The highest BCUT2D eigenvalue weighted by Gasteiger charge is 2.27. The summed E-state index contributed by atoms with van der Waals surface area (Å²) >= 11 is 1.29. The van der Waals surface area contributed by atoms with Crippen molar-refractivity contribution in [3.8, 4) is 0 Å². The molecule has 0 aliphatic carbocycles. The zero-order valence-electron chi connectivity index (χ0n) is 10.8. The van der Waals surface area contributed by atoms with Gasteiger partial charge in [-0.2, -0.15) is 0 Å². The monoisotopic (exact) mass is 282 g/mol. The van der Waals surface area contributed by atoms with Gasteiger partial charge in [0.2, 0.25) is 5.91 Å². The number of likely N-dealkylation sites (tertiary alicyclic amines) is 1. The number of nitrogens with zero attached hydrogens (tertiary/aromatic N) is 1. The first kappa shape index (κ1) is 14.0. The Morgan fingerprint density at radius 3 is 2.84 bits per heavy atom. The van der Waals surface area contributed by atoms with Crippen LogP contribution in [0.4, 0.5) is 5.00 Å². The number of rotatable bonds is 4. The molecule has 5 N–H and O–H groups in total. The van der Waals surface area contributed by atoms with Crippen molar-refractivity contribution in [2.24, 2.45) is 17.4 Å². The van der Waals surface area contributed by atoms with Crippen LogP contribution in [0, 0.1) is 5.92 Å². The lowest BCUT2D eigenvalue weighted by molar-refractivity contribution is -0.117. The fraction of sp³-hybridized carbons (Fsp3) is 0.500. The average Bonchev–Trinajstić information content (AvgIpc) is 2.87. The van der Waals surface area contributed by atoms with Crippen molar-refractivity contribution in [3.63, 3.8) is 0 Å². The lowest BCUT2D eigenvalue weighted by Gasteiger charge is -2.14. The van der Waals surface area contributed by atoms with Crippen LogP contribution in [0.15, 0.2) is 11.4 Å². The van der Waals surface area contributed by atoms with Gasteiger partial charge in [0.05, 0.1) is 12.1 Å². The third-order valence-electron chi connectivity index (χ3n) is 3.30. The van der Waals surface area contributed by atoms with Gasteiger partial charge in [0.1, 0.15) is 5.00 Å². The standard InChI is InChI=1S/C12H18N4O2S/c1-7-4-16(5-9(7)13)6-10(17)15-12-8(11(14)18)2-3-19-12/h2-3,7,9H,4-6,13H2,1H3,(H2,14,18)(H,15,17). The van der Waals surface area contributed by atoms with Gasteiger partial charge >= 0.3 is 0 Å². The minimum Gasteiger partial charge on any atom is -0.366 e. The van der Waals surface area contributed by atoms with E-state index in [1.54, 1.807) is 11.4 Å². The lowest BCUT2D eigenvalue weighted by atomic mass is 10.1. The van der Waals surface area contributed by atoms with E-state index in [0.717, 1.165) is 13.1 Å². The van der Waals surface area contributed by atoms with Crippen LogP contribution in [-0.2, 0) is 4.79 Å². The van der Waals surface area contributed by atoms with Crippen LogP contribution in [0.3, 0.4) is 0 Å². The number of hydrogen-bond donors (Lipinski definition) is 3. The molecule has 1 fully saturated rings. The Morgan fingerprint density at radius 1 is 1.53 bits per heavy atom. The Kier molecular flexibility index (Phi) is 4.18. The molecule has 2 amide bonds. The maximum absolute atomic E-state index is 11.9. The van der Waals surface area contributed by atoms with E-state index in [0.29, 0.717) is 16.5 Å². The van der Waals surface area contributed by atoms with Crippen molar-refractivity contribution in [3.05, 3.63) is 17.0 Å². The molecule has 0 spiro atoms. The van der Waals surface area contributed by atoms with Gasteiger partial charge in [-0.3, -0.25) is 14.5 Å². The summed E-state index contributed by atoms with van der Waals surface area (Å²) in [7, 11) is 0. The van der Waals surface area contributed by atoms with E-state index in [9.17, 15) is 9.59 Å². The van der Waals surface area contributed by atoms with E-state index in [1.165, 1.54) is 11.3 Å². The van der Waals surface area contributed by atoms with Crippen LogP contribution in [0.2, 0.25) is 0 Å². The number of primary amides is 1. The number of amides is 2. The summed E-state index contributed by atoms with van der Waals surface area (Å²) in [6, 6.07) is 1.73. The number of thiophene rings is 1. The van der Waals surface area contributed by atoms with Crippen LogP contribution >= 0.6 is 11.3 Å². The Bertz CT molecular complexity index is 478. The first-order valence-electron chi connectivity index (χ1n) is 6.12. The third-order valence-corrected chi connectivity index (χ3v) is 4.13. The van der Waals surface area contributed by atoms with Crippen molar-refractivity contribution in [2.75, 3.05) is 25.0 Å². The molecule has 1 saturated heterocycles. The van der Waals surface area contributed by atoms with Crippen LogP contribution in [-0.4, -0.2) is 42.4 Å². The number of nitrogens with one attached hydrogen (secondary N) is 1. The van der Waals surface area contributed by atoms with E-state index in [4.69, 9.17) is 11.5 Å². The van der Waals surface area contributed by atoms with Crippen LogP contribution in [0.1, 0.15) is 17.3 Å². The normalized spacial score (nSPS) is 23.5. The molecule has 104 valence electrons. The van der Waals surface area contributed by atoms with Crippen molar-refractivity contribution in [1.82, 2.24) is 4.90 Å². The second-order valence-corrected chi connectivity index (χ2v) is 5.83. The number of hydrogen-bond acceptors (Lipinski definition) is 5. The molecular formula is C12H18N4O2S. The average molecular weight is 282 g/mol. The fourth-order valence-electron chi connectivity index (χ4n) is 2.19. The lowest BCUT2D eigenvalue weighted by Crippen LogP contribution is -2.34. The van der Waals surface area contributed by atoms with Gasteiger partial charge in [0.25, 0.3) is 5.91 Å². The van der Waals surface area contributed by atoms with Gasteiger partial charge in [-0.05, 0) is 17.4 Å².